The molecule has 9 nitrogen and oxygen atoms in total. The minimum atomic E-state index is -0.479. The van der Waals surface area contributed by atoms with Crippen LogP contribution < -0.4 is 5.32 Å². The molecule has 0 saturated heterocycles. The maximum atomic E-state index is 12.3. The van der Waals surface area contributed by atoms with Gasteiger partial charge in [0.25, 0.3) is 11.8 Å². The zero-order valence-corrected chi connectivity index (χ0v) is 15.0. The maximum Gasteiger partial charge on any atom is 0.262 e. The lowest BCUT2D eigenvalue weighted by Gasteiger charge is -2.13. The molecule has 9 heteroatoms. The fraction of sp³-hybridized carbons (Fsp3) is 0.158. The lowest BCUT2D eigenvalue weighted by atomic mass is 10.1. The summed E-state index contributed by atoms with van der Waals surface area (Å²) in [5.41, 5.74) is 2.49. The first kappa shape index (κ1) is 17.5. The molecule has 0 unspecified atom stereocenters. The van der Waals surface area contributed by atoms with E-state index in [2.05, 4.69) is 20.8 Å². The molecule has 28 heavy (non-hydrogen) atoms. The molecule has 0 fully saturated rings. The summed E-state index contributed by atoms with van der Waals surface area (Å²) < 4.78 is 1.52. The van der Waals surface area contributed by atoms with E-state index in [-0.39, 0.29) is 13.1 Å². The molecule has 0 bridgehead atoms. The number of nitrogens with one attached hydrogen (secondary N) is 1. The Labute approximate surface area is 160 Å². The van der Waals surface area contributed by atoms with Crippen molar-refractivity contribution in [3.8, 4) is 5.69 Å². The SMILES string of the molecule is Cc1ccc(-n2nnnc2CNC(=O)CN2C(=O)c3ccccc3C2=O)cc1. The first-order chi connectivity index (χ1) is 13.5. The average molecular weight is 376 g/mol. The van der Waals surface area contributed by atoms with Crippen LogP contribution in [0.5, 0.6) is 0 Å². The fourth-order valence-electron chi connectivity index (χ4n) is 2.96. The van der Waals surface area contributed by atoms with E-state index >= 15 is 0 Å². The van der Waals surface area contributed by atoms with Crippen LogP contribution in [0.15, 0.2) is 48.5 Å². The molecule has 0 spiro atoms. The number of carbonyl (C=O) groups excluding carboxylic acids is 3. The summed E-state index contributed by atoms with van der Waals surface area (Å²) in [7, 11) is 0. The average Bonchev–Trinajstić information content (AvgIpc) is 3.26. The highest BCUT2D eigenvalue weighted by molar-refractivity contribution is 6.22. The van der Waals surface area contributed by atoms with Crippen molar-refractivity contribution in [2.24, 2.45) is 0 Å². The van der Waals surface area contributed by atoms with Gasteiger partial charge in [-0.1, -0.05) is 29.8 Å². The van der Waals surface area contributed by atoms with Crippen LogP contribution in [0.3, 0.4) is 0 Å². The second kappa shape index (κ2) is 7.03. The monoisotopic (exact) mass is 376 g/mol. The summed E-state index contributed by atoms with van der Waals surface area (Å²) in [4.78, 5) is 37.9. The molecule has 1 aromatic heterocycles. The maximum absolute atomic E-state index is 12.3. The van der Waals surface area contributed by atoms with Crippen molar-refractivity contribution < 1.29 is 14.4 Å². The predicted molar refractivity (Wildman–Crippen MR) is 97.5 cm³/mol. The minimum Gasteiger partial charge on any atom is -0.347 e. The van der Waals surface area contributed by atoms with Crippen molar-refractivity contribution >= 4 is 17.7 Å². The summed E-state index contributed by atoms with van der Waals surface area (Å²) in [5, 5.41) is 14.2. The summed E-state index contributed by atoms with van der Waals surface area (Å²) in [6.45, 7) is 1.67. The van der Waals surface area contributed by atoms with Crippen LogP contribution in [-0.4, -0.2) is 49.4 Å². The second-order valence-corrected chi connectivity index (χ2v) is 6.36. The van der Waals surface area contributed by atoms with E-state index in [1.165, 1.54) is 4.68 Å². The highest BCUT2D eigenvalue weighted by Gasteiger charge is 2.36. The number of tetrazole rings is 1. The van der Waals surface area contributed by atoms with Gasteiger partial charge < -0.3 is 5.32 Å². The third-order valence-corrected chi connectivity index (χ3v) is 4.44. The van der Waals surface area contributed by atoms with E-state index in [9.17, 15) is 14.4 Å². The number of benzene rings is 2. The number of aromatic nitrogens is 4. The highest BCUT2D eigenvalue weighted by Crippen LogP contribution is 2.21. The molecule has 1 N–H and O–H groups in total. The van der Waals surface area contributed by atoms with Gasteiger partial charge >= 0.3 is 0 Å². The van der Waals surface area contributed by atoms with E-state index in [1.54, 1.807) is 24.3 Å². The van der Waals surface area contributed by atoms with Gasteiger partial charge in [0, 0.05) is 0 Å². The zero-order valence-electron chi connectivity index (χ0n) is 15.0. The number of rotatable bonds is 5. The Morgan fingerprint density at radius 1 is 1.00 bits per heavy atom. The smallest absolute Gasteiger partial charge is 0.262 e. The van der Waals surface area contributed by atoms with Crippen LogP contribution in [0.1, 0.15) is 32.1 Å². The van der Waals surface area contributed by atoms with Gasteiger partial charge in [0.2, 0.25) is 5.91 Å². The molecule has 3 amide bonds. The number of hydrogen-bond donors (Lipinski definition) is 1. The molecule has 1 aliphatic rings. The van der Waals surface area contributed by atoms with E-state index in [4.69, 9.17) is 0 Å². The first-order valence-electron chi connectivity index (χ1n) is 8.61. The molecule has 2 aromatic carbocycles. The first-order valence-corrected chi connectivity index (χ1v) is 8.61. The van der Waals surface area contributed by atoms with Crippen molar-refractivity contribution in [3.05, 3.63) is 71.0 Å². The molecule has 1 aliphatic heterocycles. The quantitative estimate of drug-likeness (QED) is 0.662. The summed E-state index contributed by atoms with van der Waals surface area (Å²) >= 11 is 0. The number of hydrogen-bond acceptors (Lipinski definition) is 6. The van der Waals surface area contributed by atoms with Gasteiger partial charge in [0.05, 0.1) is 23.4 Å². The summed E-state index contributed by atoms with van der Waals surface area (Å²) in [5.74, 6) is -0.993. The number of amides is 3. The number of fused-ring (bicyclic) bond motifs is 1. The Balaban J connectivity index is 1.41. The summed E-state index contributed by atoms with van der Waals surface area (Å²) in [6.07, 6.45) is 0. The van der Waals surface area contributed by atoms with Gasteiger partial charge in [-0.25, -0.2) is 0 Å². The molecule has 0 saturated carbocycles. The largest absolute Gasteiger partial charge is 0.347 e. The molecule has 0 radical (unpaired) electrons. The van der Waals surface area contributed by atoms with Gasteiger partial charge in [0.15, 0.2) is 5.82 Å². The lowest BCUT2D eigenvalue weighted by molar-refractivity contribution is -0.121. The number of imide groups is 1. The molecule has 2 heterocycles. The number of aryl methyl sites for hydroxylation is 1. The van der Waals surface area contributed by atoms with E-state index < -0.39 is 17.7 Å². The number of carbonyl (C=O) groups is 3. The topological polar surface area (TPSA) is 110 Å². The minimum absolute atomic E-state index is 0.0584. The van der Waals surface area contributed by atoms with Crippen molar-refractivity contribution in [2.45, 2.75) is 13.5 Å². The summed E-state index contributed by atoms with van der Waals surface area (Å²) in [6, 6.07) is 14.1. The molecular weight excluding hydrogens is 360 g/mol. The highest BCUT2D eigenvalue weighted by atomic mass is 16.2. The van der Waals surface area contributed by atoms with E-state index in [0.717, 1.165) is 16.2 Å². The van der Waals surface area contributed by atoms with Gasteiger partial charge in [-0.15, -0.1) is 5.10 Å². The molecule has 140 valence electrons. The second-order valence-electron chi connectivity index (χ2n) is 6.36. The number of nitrogens with zero attached hydrogens (tertiary/aromatic N) is 5. The van der Waals surface area contributed by atoms with Crippen molar-refractivity contribution in [1.82, 2.24) is 30.4 Å². The molecule has 4 rings (SSSR count). The van der Waals surface area contributed by atoms with Crippen molar-refractivity contribution in [2.75, 3.05) is 6.54 Å². The molecule has 0 aliphatic carbocycles. The van der Waals surface area contributed by atoms with Gasteiger partial charge in [-0.2, -0.15) is 4.68 Å². The van der Waals surface area contributed by atoms with Gasteiger partial charge in [0.1, 0.15) is 6.54 Å². The Kier molecular flexibility index (Phi) is 4.40. The third-order valence-electron chi connectivity index (χ3n) is 4.44. The van der Waals surface area contributed by atoms with Crippen LogP contribution in [0, 0.1) is 6.92 Å². The van der Waals surface area contributed by atoms with Crippen molar-refractivity contribution in [3.63, 3.8) is 0 Å². The molecule has 3 aromatic rings. The zero-order chi connectivity index (χ0) is 19.7. The van der Waals surface area contributed by atoms with Crippen LogP contribution in [0.2, 0.25) is 0 Å². The van der Waals surface area contributed by atoms with E-state index in [1.807, 2.05) is 31.2 Å². The van der Waals surface area contributed by atoms with Crippen LogP contribution in [-0.2, 0) is 11.3 Å². The molecular formula is C19H16N6O3. The van der Waals surface area contributed by atoms with Gasteiger partial charge in [-0.05, 0) is 41.6 Å². The normalized spacial score (nSPS) is 13.0. The van der Waals surface area contributed by atoms with Crippen LogP contribution >= 0.6 is 0 Å². The Bertz CT molecular complexity index is 1040. The van der Waals surface area contributed by atoms with Crippen molar-refractivity contribution in [1.29, 1.82) is 0 Å². The predicted octanol–water partition coefficient (Wildman–Crippen LogP) is 0.883. The Morgan fingerprint density at radius 3 is 2.29 bits per heavy atom. The van der Waals surface area contributed by atoms with Crippen LogP contribution in [0.25, 0.3) is 5.69 Å². The van der Waals surface area contributed by atoms with Gasteiger partial charge in [-0.3, -0.25) is 19.3 Å². The van der Waals surface area contributed by atoms with E-state index in [0.29, 0.717) is 17.0 Å². The Morgan fingerprint density at radius 2 is 1.64 bits per heavy atom. The Hall–Kier alpha value is -3.88. The third kappa shape index (κ3) is 3.13. The fourth-order valence-corrected chi connectivity index (χ4v) is 2.96. The molecule has 0 atom stereocenters. The lowest BCUT2D eigenvalue weighted by Crippen LogP contribution is -2.40. The standard InChI is InChI=1S/C19H16N6O3/c1-12-6-8-13(9-7-12)25-16(21-22-23-25)10-20-17(26)11-24-18(27)14-4-2-3-5-15(14)19(24)28/h2-9H,10-11H2,1H3,(H,20,26). The van der Waals surface area contributed by atoms with Crippen LogP contribution in [0.4, 0.5) is 0 Å².